The molecule has 5 heteroatoms. The minimum atomic E-state index is -0.102. The maximum Gasteiger partial charge on any atom is 0.193 e. The lowest BCUT2D eigenvalue weighted by Gasteiger charge is -2.35. The number of aliphatic hydroxyl groups excluding tert-OH is 1. The van der Waals surface area contributed by atoms with E-state index in [0.717, 1.165) is 32.0 Å². The molecule has 2 unspecified atom stereocenters. The van der Waals surface area contributed by atoms with Crippen molar-refractivity contribution >= 4 is 17.7 Å². The van der Waals surface area contributed by atoms with Gasteiger partial charge in [0.25, 0.3) is 0 Å². The molecule has 1 aliphatic heterocycles. The van der Waals surface area contributed by atoms with Crippen LogP contribution in [0.3, 0.4) is 0 Å². The summed E-state index contributed by atoms with van der Waals surface area (Å²) in [5, 5.41) is 13.6. The van der Waals surface area contributed by atoms with Crippen LogP contribution in [0.2, 0.25) is 0 Å². The van der Waals surface area contributed by atoms with E-state index in [4.69, 9.17) is 4.99 Å². The van der Waals surface area contributed by atoms with Crippen molar-refractivity contribution in [2.45, 2.75) is 45.8 Å². The SMILES string of the molecule is CCNC(=NCC(C)(CC)CO)N1CCSC(CC)C1. The Balaban J connectivity index is 2.71. The maximum absolute atomic E-state index is 9.51. The van der Waals surface area contributed by atoms with E-state index in [0.29, 0.717) is 11.8 Å². The van der Waals surface area contributed by atoms with Crippen molar-refractivity contribution in [2.24, 2.45) is 10.4 Å². The van der Waals surface area contributed by atoms with E-state index in [2.05, 4.69) is 49.7 Å². The first kappa shape index (κ1) is 17.6. The van der Waals surface area contributed by atoms with Crippen molar-refractivity contribution in [2.75, 3.05) is 38.5 Å². The molecule has 1 heterocycles. The zero-order chi connectivity index (χ0) is 15.0. The lowest BCUT2D eigenvalue weighted by atomic mass is 9.89. The Morgan fingerprint density at radius 2 is 2.20 bits per heavy atom. The van der Waals surface area contributed by atoms with Crippen LogP contribution in [0, 0.1) is 5.41 Å². The van der Waals surface area contributed by atoms with Crippen LogP contribution >= 0.6 is 11.8 Å². The first-order valence-corrected chi connectivity index (χ1v) is 8.89. The largest absolute Gasteiger partial charge is 0.396 e. The van der Waals surface area contributed by atoms with Crippen LogP contribution in [-0.2, 0) is 0 Å². The zero-order valence-electron chi connectivity index (χ0n) is 13.5. The molecule has 0 radical (unpaired) electrons. The van der Waals surface area contributed by atoms with Gasteiger partial charge < -0.3 is 15.3 Å². The summed E-state index contributed by atoms with van der Waals surface area (Å²) in [6.45, 7) is 12.5. The molecule has 0 aromatic heterocycles. The molecule has 0 bridgehead atoms. The smallest absolute Gasteiger partial charge is 0.193 e. The Kier molecular flexibility index (Phi) is 7.74. The number of aliphatic imine (C=N–C) groups is 1. The summed E-state index contributed by atoms with van der Waals surface area (Å²) >= 11 is 2.07. The monoisotopic (exact) mass is 301 g/mol. The Hall–Kier alpha value is -0.420. The summed E-state index contributed by atoms with van der Waals surface area (Å²) in [4.78, 5) is 7.16. The molecule has 1 rings (SSSR count). The number of rotatable bonds is 6. The number of nitrogens with zero attached hydrogens (tertiary/aromatic N) is 2. The van der Waals surface area contributed by atoms with Gasteiger partial charge in [-0.05, 0) is 19.8 Å². The average Bonchev–Trinajstić information content (AvgIpc) is 2.51. The van der Waals surface area contributed by atoms with Gasteiger partial charge >= 0.3 is 0 Å². The summed E-state index contributed by atoms with van der Waals surface area (Å²) in [5.41, 5.74) is -0.102. The summed E-state index contributed by atoms with van der Waals surface area (Å²) < 4.78 is 0. The van der Waals surface area contributed by atoms with Crippen LogP contribution in [0.15, 0.2) is 4.99 Å². The van der Waals surface area contributed by atoms with Crippen molar-refractivity contribution in [3.63, 3.8) is 0 Å². The molecule has 0 amide bonds. The molecule has 1 saturated heterocycles. The van der Waals surface area contributed by atoms with E-state index >= 15 is 0 Å². The number of nitrogens with one attached hydrogen (secondary N) is 1. The molecule has 4 nitrogen and oxygen atoms in total. The number of thioether (sulfide) groups is 1. The van der Waals surface area contributed by atoms with Crippen molar-refractivity contribution in [3.05, 3.63) is 0 Å². The van der Waals surface area contributed by atoms with E-state index in [-0.39, 0.29) is 12.0 Å². The lowest BCUT2D eigenvalue weighted by Crippen LogP contribution is -2.48. The molecule has 1 fully saturated rings. The molecule has 0 spiro atoms. The van der Waals surface area contributed by atoms with E-state index < -0.39 is 0 Å². The third kappa shape index (κ3) is 5.17. The molecule has 1 aliphatic rings. The molecule has 118 valence electrons. The molecule has 2 N–H and O–H groups in total. The summed E-state index contributed by atoms with van der Waals surface area (Å²) in [6, 6.07) is 0. The quantitative estimate of drug-likeness (QED) is 0.583. The fourth-order valence-electron chi connectivity index (χ4n) is 2.12. The fourth-order valence-corrected chi connectivity index (χ4v) is 3.30. The predicted octanol–water partition coefficient (Wildman–Crippen LogP) is 2.19. The van der Waals surface area contributed by atoms with Crippen molar-refractivity contribution < 1.29 is 5.11 Å². The Bertz CT molecular complexity index is 305. The Labute approximate surface area is 128 Å². The summed E-state index contributed by atoms with van der Waals surface area (Å²) in [7, 11) is 0. The van der Waals surface area contributed by atoms with Crippen LogP contribution in [0.25, 0.3) is 0 Å². The second-order valence-electron chi connectivity index (χ2n) is 5.84. The van der Waals surface area contributed by atoms with E-state index in [9.17, 15) is 5.11 Å². The van der Waals surface area contributed by atoms with Gasteiger partial charge in [0.15, 0.2) is 5.96 Å². The van der Waals surface area contributed by atoms with Crippen LogP contribution in [0.1, 0.15) is 40.5 Å². The number of hydrogen-bond donors (Lipinski definition) is 2. The highest BCUT2D eigenvalue weighted by Gasteiger charge is 2.24. The fraction of sp³-hybridized carbons (Fsp3) is 0.933. The van der Waals surface area contributed by atoms with Gasteiger partial charge in [0, 0.05) is 36.1 Å². The predicted molar refractivity (Wildman–Crippen MR) is 89.6 cm³/mol. The standard InChI is InChI=1S/C15H31N3OS/c1-5-13-10-18(8-9-20-13)14(16-7-3)17-11-15(4,6-2)12-19/h13,19H,5-12H2,1-4H3,(H,16,17). The third-order valence-electron chi connectivity index (χ3n) is 4.07. The first-order valence-electron chi connectivity index (χ1n) is 7.84. The van der Waals surface area contributed by atoms with Gasteiger partial charge in [-0.15, -0.1) is 0 Å². The minimum absolute atomic E-state index is 0.102. The lowest BCUT2D eigenvalue weighted by molar-refractivity contribution is 0.145. The van der Waals surface area contributed by atoms with Gasteiger partial charge in [0.2, 0.25) is 0 Å². The molecule has 0 aromatic carbocycles. The van der Waals surface area contributed by atoms with E-state index in [1.807, 2.05) is 0 Å². The van der Waals surface area contributed by atoms with Crippen LogP contribution in [-0.4, -0.2) is 59.8 Å². The van der Waals surface area contributed by atoms with Crippen molar-refractivity contribution in [3.8, 4) is 0 Å². The highest BCUT2D eigenvalue weighted by Crippen LogP contribution is 2.23. The van der Waals surface area contributed by atoms with Gasteiger partial charge in [-0.1, -0.05) is 20.8 Å². The van der Waals surface area contributed by atoms with Gasteiger partial charge in [-0.2, -0.15) is 11.8 Å². The van der Waals surface area contributed by atoms with Gasteiger partial charge in [-0.25, -0.2) is 0 Å². The summed E-state index contributed by atoms with van der Waals surface area (Å²) in [6.07, 6.45) is 2.16. The average molecular weight is 302 g/mol. The Morgan fingerprint density at radius 3 is 2.75 bits per heavy atom. The molecular weight excluding hydrogens is 270 g/mol. The highest BCUT2D eigenvalue weighted by molar-refractivity contribution is 8.00. The molecule has 0 saturated carbocycles. The van der Waals surface area contributed by atoms with Crippen LogP contribution in [0.4, 0.5) is 0 Å². The minimum Gasteiger partial charge on any atom is -0.396 e. The van der Waals surface area contributed by atoms with Crippen molar-refractivity contribution in [1.82, 2.24) is 10.2 Å². The molecule has 0 aliphatic carbocycles. The van der Waals surface area contributed by atoms with Crippen molar-refractivity contribution in [1.29, 1.82) is 0 Å². The molecule has 2 atom stereocenters. The number of hydrogen-bond acceptors (Lipinski definition) is 3. The summed E-state index contributed by atoms with van der Waals surface area (Å²) in [5.74, 6) is 2.19. The molecule has 0 aromatic rings. The van der Waals surface area contributed by atoms with Crippen LogP contribution in [0.5, 0.6) is 0 Å². The third-order valence-corrected chi connectivity index (χ3v) is 5.45. The first-order chi connectivity index (χ1) is 9.58. The second kappa shape index (κ2) is 8.78. The molecule has 20 heavy (non-hydrogen) atoms. The number of aliphatic hydroxyl groups is 1. The van der Waals surface area contributed by atoms with Gasteiger partial charge in [-0.3, -0.25) is 4.99 Å². The maximum atomic E-state index is 9.51. The topological polar surface area (TPSA) is 47.9 Å². The van der Waals surface area contributed by atoms with E-state index in [1.165, 1.54) is 12.2 Å². The molecular formula is C15H31N3OS. The second-order valence-corrected chi connectivity index (χ2v) is 7.25. The number of guanidine groups is 1. The van der Waals surface area contributed by atoms with E-state index in [1.54, 1.807) is 0 Å². The highest BCUT2D eigenvalue weighted by atomic mass is 32.2. The van der Waals surface area contributed by atoms with Crippen LogP contribution < -0.4 is 5.32 Å². The van der Waals surface area contributed by atoms with Gasteiger partial charge in [0.1, 0.15) is 0 Å². The zero-order valence-corrected chi connectivity index (χ0v) is 14.3. The normalized spacial score (nSPS) is 23.6. The van der Waals surface area contributed by atoms with Gasteiger partial charge in [0.05, 0.1) is 13.2 Å². The Morgan fingerprint density at radius 1 is 1.45 bits per heavy atom.